The molecule has 3 rings (SSSR count). The molecule has 0 spiro atoms. The Labute approximate surface area is 164 Å². The van der Waals surface area contributed by atoms with Gasteiger partial charge in [0.15, 0.2) is 0 Å². The van der Waals surface area contributed by atoms with Gasteiger partial charge in [-0.05, 0) is 49.2 Å². The lowest BCUT2D eigenvalue weighted by molar-refractivity contribution is 0.194. The molecule has 6 heteroatoms. The molecule has 0 bridgehead atoms. The predicted octanol–water partition coefficient (Wildman–Crippen LogP) is 4.03. The van der Waals surface area contributed by atoms with Crippen LogP contribution in [0.1, 0.15) is 30.8 Å². The van der Waals surface area contributed by atoms with Crippen LogP contribution in [0.5, 0.6) is 0 Å². The van der Waals surface area contributed by atoms with Crippen molar-refractivity contribution in [3.63, 3.8) is 0 Å². The van der Waals surface area contributed by atoms with E-state index in [1.54, 1.807) is 17.7 Å². The normalized spacial score (nSPS) is 12.4. The number of nitrogens with one attached hydrogen (secondary N) is 1. The molecule has 0 aliphatic carbocycles. The zero-order valence-electron chi connectivity index (χ0n) is 15.8. The van der Waals surface area contributed by atoms with E-state index in [9.17, 15) is 4.79 Å². The van der Waals surface area contributed by atoms with Crippen molar-refractivity contribution in [2.45, 2.75) is 26.3 Å². The smallest absolute Gasteiger partial charge is 0.266 e. The monoisotopic (exact) mass is 385 g/mol. The maximum Gasteiger partial charge on any atom is 0.266 e. The Balaban J connectivity index is 2.25. The third kappa shape index (κ3) is 4.05. The average Bonchev–Trinajstić information content (AvgIpc) is 2.66. The van der Waals surface area contributed by atoms with E-state index in [1.807, 2.05) is 43.3 Å². The second kappa shape index (κ2) is 8.65. The van der Waals surface area contributed by atoms with Gasteiger partial charge in [0.05, 0.1) is 29.2 Å². The maximum atomic E-state index is 13.4. The lowest BCUT2D eigenvalue weighted by Crippen LogP contribution is -2.33. The molecule has 142 valence electrons. The molecule has 5 nitrogen and oxygen atoms in total. The number of para-hydroxylation sites is 1. The van der Waals surface area contributed by atoms with Crippen LogP contribution in [0, 0.1) is 6.92 Å². The zero-order chi connectivity index (χ0) is 19.4. The van der Waals surface area contributed by atoms with Crippen LogP contribution >= 0.6 is 11.6 Å². The van der Waals surface area contributed by atoms with Crippen LogP contribution in [0.3, 0.4) is 0 Å². The van der Waals surface area contributed by atoms with Gasteiger partial charge in [0.2, 0.25) is 0 Å². The highest BCUT2D eigenvalue weighted by molar-refractivity contribution is 6.30. The van der Waals surface area contributed by atoms with E-state index in [2.05, 4.69) is 12.2 Å². The Hall–Kier alpha value is -2.21. The first-order valence-corrected chi connectivity index (χ1v) is 9.45. The molecule has 0 fully saturated rings. The van der Waals surface area contributed by atoms with E-state index >= 15 is 0 Å². The lowest BCUT2D eigenvalue weighted by Gasteiger charge is -2.22. The molecule has 3 aromatic rings. The Morgan fingerprint density at radius 3 is 2.74 bits per heavy atom. The molecule has 0 radical (unpaired) electrons. The second-order valence-electron chi connectivity index (χ2n) is 6.47. The summed E-state index contributed by atoms with van der Waals surface area (Å²) in [5.41, 5.74) is 2.35. The minimum atomic E-state index is -0.0764. The molecule has 1 atom stereocenters. The van der Waals surface area contributed by atoms with Crippen LogP contribution in [0.2, 0.25) is 5.02 Å². The topological polar surface area (TPSA) is 56.1 Å². The molecule has 0 amide bonds. The molecule has 1 unspecified atom stereocenters. The first-order chi connectivity index (χ1) is 13.1. The molecular weight excluding hydrogens is 362 g/mol. The molecule has 2 aromatic carbocycles. The summed E-state index contributed by atoms with van der Waals surface area (Å²) >= 11 is 6.12. The number of hydrogen-bond donors (Lipinski definition) is 1. The van der Waals surface area contributed by atoms with Crippen LogP contribution in [0.25, 0.3) is 16.6 Å². The van der Waals surface area contributed by atoms with Gasteiger partial charge in [-0.15, -0.1) is 0 Å². The van der Waals surface area contributed by atoms with Gasteiger partial charge >= 0.3 is 0 Å². The van der Waals surface area contributed by atoms with Gasteiger partial charge in [-0.3, -0.25) is 9.36 Å². The lowest BCUT2D eigenvalue weighted by atomic mass is 10.1. The van der Waals surface area contributed by atoms with E-state index in [0.29, 0.717) is 34.9 Å². The standard InChI is InChI=1S/C21H24ClN3O2/c1-4-17(23-11-12-27-3)20-24-18-8-6-5-7-16(18)21(26)25(20)19-10-9-15(22)13-14(19)2/h5-10,13,17,23H,4,11-12H2,1-3H3. The first kappa shape index (κ1) is 19.5. The van der Waals surface area contributed by atoms with Gasteiger partial charge in [-0.1, -0.05) is 30.7 Å². The largest absolute Gasteiger partial charge is 0.383 e. The van der Waals surface area contributed by atoms with Crippen LogP contribution in [0.4, 0.5) is 0 Å². The Morgan fingerprint density at radius 1 is 1.26 bits per heavy atom. The van der Waals surface area contributed by atoms with Crippen LogP contribution in [-0.2, 0) is 4.74 Å². The van der Waals surface area contributed by atoms with Crippen molar-refractivity contribution in [3.8, 4) is 5.69 Å². The van der Waals surface area contributed by atoms with Crippen molar-refractivity contribution in [2.75, 3.05) is 20.3 Å². The molecular formula is C21H24ClN3O2. The van der Waals surface area contributed by atoms with Crippen molar-refractivity contribution in [1.29, 1.82) is 0 Å². The number of hydrogen-bond acceptors (Lipinski definition) is 4. The number of aromatic nitrogens is 2. The maximum absolute atomic E-state index is 13.4. The SMILES string of the molecule is CCC(NCCOC)c1nc2ccccc2c(=O)n1-c1ccc(Cl)cc1C. The second-order valence-corrected chi connectivity index (χ2v) is 6.90. The van der Waals surface area contributed by atoms with Gasteiger partial charge in [0.25, 0.3) is 5.56 Å². The number of halogens is 1. The van der Waals surface area contributed by atoms with Gasteiger partial charge in [-0.25, -0.2) is 4.98 Å². The van der Waals surface area contributed by atoms with E-state index < -0.39 is 0 Å². The van der Waals surface area contributed by atoms with Crippen LogP contribution in [0.15, 0.2) is 47.3 Å². The minimum Gasteiger partial charge on any atom is -0.383 e. The van der Waals surface area contributed by atoms with Gasteiger partial charge in [-0.2, -0.15) is 0 Å². The number of methoxy groups -OCH3 is 1. The third-order valence-corrected chi connectivity index (χ3v) is 4.85. The summed E-state index contributed by atoms with van der Waals surface area (Å²) in [7, 11) is 1.67. The number of aryl methyl sites for hydroxylation is 1. The molecule has 27 heavy (non-hydrogen) atoms. The average molecular weight is 386 g/mol. The summed E-state index contributed by atoms with van der Waals surface area (Å²) in [5, 5.41) is 4.69. The van der Waals surface area contributed by atoms with Gasteiger partial charge in [0, 0.05) is 18.7 Å². The molecule has 0 aliphatic rings. The predicted molar refractivity (Wildman–Crippen MR) is 110 cm³/mol. The van der Waals surface area contributed by atoms with Crippen molar-refractivity contribution in [3.05, 3.63) is 69.2 Å². The highest BCUT2D eigenvalue weighted by Gasteiger charge is 2.20. The van der Waals surface area contributed by atoms with E-state index in [4.69, 9.17) is 21.3 Å². The van der Waals surface area contributed by atoms with Crippen LogP contribution < -0.4 is 10.9 Å². The number of benzene rings is 2. The summed E-state index contributed by atoms with van der Waals surface area (Å²) in [6.07, 6.45) is 0.793. The fourth-order valence-corrected chi connectivity index (χ4v) is 3.47. The molecule has 1 N–H and O–H groups in total. The minimum absolute atomic E-state index is 0.0759. The molecule has 1 aromatic heterocycles. The Bertz CT molecular complexity index is 1000. The number of rotatable bonds is 7. The molecule has 1 heterocycles. The zero-order valence-corrected chi connectivity index (χ0v) is 16.6. The fourth-order valence-electron chi connectivity index (χ4n) is 3.24. The number of ether oxygens (including phenoxy) is 1. The van der Waals surface area contributed by atoms with Crippen LogP contribution in [-0.4, -0.2) is 29.8 Å². The first-order valence-electron chi connectivity index (χ1n) is 9.07. The van der Waals surface area contributed by atoms with Gasteiger partial charge in [0.1, 0.15) is 5.82 Å². The van der Waals surface area contributed by atoms with Crippen molar-refractivity contribution in [1.82, 2.24) is 14.9 Å². The molecule has 0 saturated heterocycles. The summed E-state index contributed by atoms with van der Waals surface area (Å²) in [6.45, 7) is 5.29. The highest BCUT2D eigenvalue weighted by Crippen LogP contribution is 2.24. The summed E-state index contributed by atoms with van der Waals surface area (Å²) in [4.78, 5) is 18.2. The molecule has 0 saturated carbocycles. The Kier molecular flexibility index (Phi) is 6.26. The number of fused-ring (bicyclic) bond motifs is 1. The Morgan fingerprint density at radius 2 is 2.04 bits per heavy atom. The van der Waals surface area contributed by atoms with Crippen molar-refractivity contribution < 1.29 is 4.74 Å². The third-order valence-electron chi connectivity index (χ3n) is 4.62. The summed E-state index contributed by atoms with van der Waals surface area (Å²) in [6, 6.07) is 12.9. The van der Waals surface area contributed by atoms with Crippen molar-refractivity contribution >= 4 is 22.5 Å². The van der Waals surface area contributed by atoms with Crippen molar-refractivity contribution in [2.24, 2.45) is 0 Å². The van der Waals surface area contributed by atoms with E-state index in [-0.39, 0.29) is 11.6 Å². The molecule has 0 aliphatic heterocycles. The quantitative estimate of drug-likeness (QED) is 0.624. The summed E-state index contributed by atoms with van der Waals surface area (Å²) < 4.78 is 6.86. The fraction of sp³-hybridized carbons (Fsp3) is 0.333. The number of nitrogens with zero attached hydrogens (tertiary/aromatic N) is 2. The summed E-state index contributed by atoms with van der Waals surface area (Å²) in [5.74, 6) is 0.697. The van der Waals surface area contributed by atoms with Gasteiger partial charge < -0.3 is 10.1 Å². The van der Waals surface area contributed by atoms with E-state index in [0.717, 1.165) is 17.7 Å². The highest BCUT2D eigenvalue weighted by atomic mass is 35.5. The van der Waals surface area contributed by atoms with E-state index in [1.165, 1.54) is 0 Å².